The Morgan fingerprint density at radius 3 is 2.82 bits per heavy atom. The molecular formula is C11H20ClN3O2. The number of nitrogens with zero attached hydrogens (tertiary/aromatic N) is 3. The lowest BCUT2D eigenvalue weighted by molar-refractivity contribution is 0.108. The first-order valence-electron chi connectivity index (χ1n) is 5.83. The van der Waals surface area contributed by atoms with Gasteiger partial charge in [0.1, 0.15) is 5.69 Å². The molecule has 0 aliphatic rings. The molecule has 5 nitrogen and oxygen atoms in total. The molecule has 1 heterocycles. The minimum absolute atomic E-state index is 0.0501. The van der Waals surface area contributed by atoms with Crippen molar-refractivity contribution in [3.05, 3.63) is 11.4 Å². The normalized spacial score (nSPS) is 12.9. The molecule has 1 unspecified atom stereocenters. The Labute approximate surface area is 107 Å². The van der Waals surface area contributed by atoms with Crippen LogP contribution in [0.15, 0.2) is 0 Å². The monoisotopic (exact) mass is 261 g/mol. The molecule has 0 spiro atoms. The quantitative estimate of drug-likeness (QED) is 0.531. The van der Waals surface area contributed by atoms with Crippen LogP contribution in [-0.2, 0) is 21.9 Å². The summed E-state index contributed by atoms with van der Waals surface area (Å²) in [6.07, 6.45) is 0.855. The zero-order valence-corrected chi connectivity index (χ0v) is 11.4. The first-order valence-corrected chi connectivity index (χ1v) is 6.36. The topological polar surface area (TPSA) is 49.2 Å². The zero-order chi connectivity index (χ0) is 12.7. The molecule has 0 bridgehead atoms. The number of hydrogen-bond acceptors (Lipinski definition) is 4. The van der Waals surface area contributed by atoms with Crippen molar-refractivity contribution < 1.29 is 9.47 Å². The van der Waals surface area contributed by atoms with Crippen molar-refractivity contribution in [3.8, 4) is 0 Å². The molecule has 0 N–H and O–H groups in total. The number of alkyl halides is 1. The van der Waals surface area contributed by atoms with Crippen molar-refractivity contribution in [2.24, 2.45) is 0 Å². The van der Waals surface area contributed by atoms with Crippen LogP contribution in [0.3, 0.4) is 0 Å². The third-order valence-corrected chi connectivity index (χ3v) is 2.83. The number of halogens is 1. The maximum Gasteiger partial charge on any atom is 0.103 e. The molecule has 0 amide bonds. The fourth-order valence-corrected chi connectivity index (χ4v) is 1.82. The molecule has 0 saturated carbocycles. The average molecular weight is 262 g/mol. The average Bonchev–Trinajstić information content (AvgIpc) is 2.76. The van der Waals surface area contributed by atoms with Crippen LogP contribution in [0.2, 0.25) is 0 Å². The Hall–Kier alpha value is -0.650. The number of methoxy groups -OCH3 is 1. The van der Waals surface area contributed by atoms with Gasteiger partial charge in [-0.2, -0.15) is 0 Å². The highest BCUT2D eigenvalue weighted by Crippen LogP contribution is 2.20. The molecule has 1 atom stereocenters. The summed E-state index contributed by atoms with van der Waals surface area (Å²) in [6, 6.07) is 0. The van der Waals surface area contributed by atoms with Gasteiger partial charge in [0.15, 0.2) is 0 Å². The SMILES string of the molecule is CCOCCCn1nnc(CCl)c1C(C)OC. The lowest BCUT2D eigenvalue weighted by Gasteiger charge is -2.13. The Morgan fingerprint density at radius 2 is 2.24 bits per heavy atom. The molecule has 1 rings (SSSR count). The van der Waals surface area contributed by atoms with Gasteiger partial charge in [0.05, 0.1) is 17.7 Å². The van der Waals surface area contributed by atoms with E-state index in [1.165, 1.54) is 0 Å². The maximum absolute atomic E-state index is 5.83. The van der Waals surface area contributed by atoms with Crippen LogP contribution in [0, 0.1) is 0 Å². The van der Waals surface area contributed by atoms with E-state index in [1.807, 2.05) is 18.5 Å². The minimum Gasteiger partial charge on any atom is -0.382 e. The highest BCUT2D eigenvalue weighted by Gasteiger charge is 2.17. The number of ether oxygens (including phenoxy) is 2. The molecule has 0 fully saturated rings. The van der Waals surface area contributed by atoms with E-state index in [4.69, 9.17) is 21.1 Å². The van der Waals surface area contributed by atoms with Crippen LogP contribution in [-0.4, -0.2) is 35.3 Å². The van der Waals surface area contributed by atoms with E-state index in [2.05, 4.69) is 10.3 Å². The molecule has 0 saturated heterocycles. The lowest BCUT2D eigenvalue weighted by atomic mass is 10.2. The van der Waals surface area contributed by atoms with E-state index in [9.17, 15) is 0 Å². The van der Waals surface area contributed by atoms with Gasteiger partial charge in [-0.15, -0.1) is 16.7 Å². The highest BCUT2D eigenvalue weighted by molar-refractivity contribution is 6.16. The van der Waals surface area contributed by atoms with Gasteiger partial charge in [-0.1, -0.05) is 5.21 Å². The summed E-state index contributed by atoms with van der Waals surface area (Å²) in [7, 11) is 1.67. The van der Waals surface area contributed by atoms with Crippen LogP contribution in [0.5, 0.6) is 0 Å². The molecule has 1 aromatic rings. The van der Waals surface area contributed by atoms with Crippen molar-refractivity contribution in [2.45, 2.75) is 38.8 Å². The van der Waals surface area contributed by atoms with Gasteiger partial charge in [0, 0.05) is 26.9 Å². The minimum atomic E-state index is -0.0501. The molecule has 1 aromatic heterocycles. The molecule has 6 heteroatoms. The molecule has 0 aliphatic carbocycles. The third-order valence-electron chi connectivity index (χ3n) is 2.58. The third kappa shape index (κ3) is 3.94. The van der Waals surface area contributed by atoms with Crippen LogP contribution in [0.25, 0.3) is 0 Å². The van der Waals surface area contributed by atoms with Crippen molar-refractivity contribution >= 4 is 11.6 Å². The predicted octanol–water partition coefficient (Wildman–Crippen LogP) is 2.15. The second-order valence-corrected chi connectivity index (χ2v) is 3.97. The van der Waals surface area contributed by atoms with Gasteiger partial charge in [0.2, 0.25) is 0 Å². The summed E-state index contributed by atoms with van der Waals surface area (Å²) in [5, 5.41) is 8.16. The van der Waals surface area contributed by atoms with Crippen LogP contribution >= 0.6 is 11.6 Å². The summed E-state index contributed by atoms with van der Waals surface area (Å²) in [5.74, 6) is 0.356. The van der Waals surface area contributed by atoms with Crippen LogP contribution < -0.4 is 0 Å². The Kier molecular flexibility index (Phi) is 6.47. The van der Waals surface area contributed by atoms with Gasteiger partial charge >= 0.3 is 0 Å². The van der Waals surface area contributed by atoms with Crippen molar-refractivity contribution in [1.29, 1.82) is 0 Å². The largest absolute Gasteiger partial charge is 0.382 e. The van der Waals surface area contributed by atoms with E-state index >= 15 is 0 Å². The van der Waals surface area contributed by atoms with E-state index in [1.54, 1.807) is 7.11 Å². The molecule has 0 aliphatic heterocycles. The smallest absolute Gasteiger partial charge is 0.103 e. The summed E-state index contributed by atoms with van der Waals surface area (Å²) < 4.78 is 12.5. The van der Waals surface area contributed by atoms with Gasteiger partial charge < -0.3 is 9.47 Å². The van der Waals surface area contributed by atoms with Crippen molar-refractivity contribution in [2.75, 3.05) is 20.3 Å². The number of aromatic nitrogens is 3. The first kappa shape index (κ1) is 14.4. The summed E-state index contributed by atoms with van der Waals surface area (Å²) >= 11 is 5.83. The van der Waals surface area contributed by atoms with E-state index in [0.29, 0.717) is 5.88 Å². The second-order valence-electron chi connectivity index (χ2n) is 3.71. The molecule has 17 heavy (non-hydrogen) atoms. The molecule has 0 radical (unpaired) electrons. The molecular weight excluding hydrogens is 242 g/mol. The summed E-state index contributed by atoms with van der Waals surface area (Å²) in [4.78, 5) is 0. The Morgan fingerprint density at radius 1 is 1.47 bits per heavy atom. The first-order chi connectivity index (χ1) is 8.24. The number of aryl methyl sites for hydroxylation is 1. The molecule has 0 aromatic carbocycles. The van der Waals surface area contributed by atoms with Gasteiger partial charge in [-0.25, -0.2) is 4.68 Å². The molecule has 98 valence electrons. The van der Waals surface area contributed by atoms with Crippen LogP contribution in [0.1, 0.15) is 37.8 Å². The van der Waals surface area contributed by atoms with Crippen LogP contribution in [0.4, 0.5) is 0 Å². The Balaban J connectivity index is 2.67. The highest BCUT2D eigenvalue weighted by atomic mass is 35.5. The van der Waals surface area contributed by atoms with Gasteiger partial charge in [-0.3, -0.25) is 0 Å². The maximum atomic E-state index is 5.83. The van der Waals surface area contributed by atoms with Gasteiger partial charge in [-0.05, 0) is 20.3 Å². The zero-order valence-electron chi connectivity index (χ0n) is 10.6. The van der Waals surface area contributed by atoms with E-state index < -0.39 is 0 Å². The number of hydrogen-bond donors (Lipinski definition) is 0. The van der Waals surface area contributed by atoms with Gasteiger partial charge in [0.25, 0.3) is 0 Å². The van der Waals surface area contributed by atoms with Crippen molar-refractivity contribution in [1.82, 2.24) is 15.0 Å². The summed E-state index contributed by atoms with van der Waals surface area (Å²) in [6.45, 7) is 6.19. The van der Waals surface area contributed by atoms with E-state index in [0.717, 1.165) is 37.6 Å². The second kappa shape index (κ2) is 7.63. The lowest BCUT2D eigenvalue weighted by Crippen LogP contribution is -2.12. The summed E-state index contributed by atoms with van der Waals surface area (Å²) in [5.41, 5.74) is 1.75. The Bertz CT molecular complexity index is 331. The number of rotatable bonds is 8. The fourth-order valence-electron chi connectivity index (χ4n) is 1.63. The standard InChI is InChI=1S/C11H20ClN3O2/c1-4-17-7-5-6-15-11(9(2)16-3)10(8-12)13-14-15/h9H,4-8H2,1-3H3. The predicted molar refractivity (Wildman–Crippen MR) is 66.1 cm³/mol. The van der Waals surface area contributed by atoms with E-state index in [-0.39, 0.29) is 6.10 Å². The fraction of sp³-hybridized carbons (Fsp3) is 0.818. The van der Waals surface area contributed by atoms with Crippen molar-refractivity contribution in [3.63, 3.8) is 0 Å².